The number of nitrogens with zero attached hydrogens (tertiary/aromatic N) is 1. The normalized spacial score (nSPS) is 10.3. The zero-order chi connectivity index (χ0) is 16.4. The molecule has 0 aliphatic rings. The number of hydrogen-bond acceptors (Lipinski definition) is 3. The van der Waals surface area contributed by atoms with E-state index in [0.717, 1.165) is 23.7 Å². The number of carbonyl (C=O) groups is 2. The second kappa shape index (κ2) is 10.4. The van der Waals surface area contributed by atoms with E-state index in [-0.39, 0.29) is 18.3 Å². The van der Waals surface area contributed by atoms with Gasteiger partial charge >= 0.3 is 5.97 Å². The Bertz CT molecular complexity index is 491. The average Bonchev–Trinajstić information content (AvgIpc) is 2.51. The molecule has 0 heterocycles. The fourth-order valence-electron chi connectivity index (χ4n) is 2.13. The molecule has 1 amide bonds. The van der Waals surface area contributed by atoms with Gasteiger partial charge in [0.1, 0.15) is 0 Å². The highest BCUT2D eigenvalue weighted by Crippen LogP contribution is 2.18. The Morgan fingerprint density at radius 2 is 1.86 bits per heavy atom. The third-order valence-corrected chi connectivity index (χ3v) is 4.01. The van der Waals surface area contributed by atoms with E-state index >= 15 is 0 Å². The second-order valence-electron chi connectivity index (χ2n) is 5.03. The van der Waals surface area contributed by atoms with Gasteiger partial charge in [0.2, 0.25) is 0 Å². The van der Waals surface area contributed by atoms with Gasteiger partial charge in [0.25, 0.3) is 5.91 Å². The first-order chi connectivity index (χ1) is 10.6. The summed E-state index contributed by atoms with van der Waals surface area (Å²) in [5, 5.41) is 0. The lowest BCUT2D eigenvalue weighted by molar-refractivity contribution is -0.143. The molecular weight excluding hydrogens is 346 g/mol. The molecule has 0 aliphatic heterocycles. The molecule has 5 heteroatoms. The maximum absolute atomic E-state index is 12.7. The van der Waals surface area contributed by atoms with Crippen LogP contribution in [0.4, 0.5) is 0 Å². The Morgan fingerprint density at radius 1 is 1.14 bits per heavy atom. The number of amides is 1. The molecule has 22 heavy (non-hydrogen) atoms. The van der Waals surface area contributed by atoms with Gasteiger partial charge < -0.3 is 9.64 Å². The van der Waals surface area contributed by atoms with Gasteiger partial charge in [0.05, 0.1) is 18.6 Å². The molecule has 0 N–H and O–H groups in total. The van der Waals surface area contributed by atoms with E-state index in [9.17, 15) is 9.59 Å². The molecular formula is C17H24BrNO3. The van der Waals surface area contributed by atoms with Crippen LogP contribution in [0.3, 0.4) is 0 Å². The Labute approximate surface area is 141 Å². The van der Waals surface area contributed by atoms with Gasteiger partial charge in [-0.05, 0) is 41.4 Å². The average molecular weight is 370 g/mol. The Balaban J connectivity index is 2.73. The number of benzene rings is 1. The smallest absolute Gasteiger partial charge is 0.307 e. The zero-order valence-corrected chi connectivity index (χ0v) is 14.9. The number of esters is 1. The molecule has 0 bridgehead atoms. The third-order valence-electron chi connectivity index (χ3n) is 3.31. The van der Waals surface area contributed by atoms with Gasteiger partial charge in [-0.25, -0.2) is 0 Å². The summed E-state index contributed by atoms with van der Waals surface area (Å²) in [4.78, 5) is 26.0. The summed E-state index contributed by atoms with van der Waals surface area (Å²) in [7, 11) is 0. The molecule has 1 rings (SSSR count). The minimum atomic E-state index is -0.261. The van der Waals surface area contributed by atoms with Gasteiger partial charge in [-0.15, -0.1) is 0 Å². The standard InChI is InChI=1S/C17H24BrNO3/c1-3-5-8-12-19(13-11-16(20)22-4-2)17(21)14-9-6-7-10-15(14)18/h6-7,9-10H,3-5,8,11-13H2,1-2H3. The van der Waals surface area contributed by atoms with Gasteiger partial charge in [0.15, 0.2) is 0 Å². The van der Waals surface area contributed by atoms with Crippen LogP contribution in [-0.4, -0.2) is 36.5 Å². The predicted molar refractivity (Wildman–Crippen MR) is 90.8 cm³/mol. The minimum Gasteiger partial charge on any atom is -0.466 e. The van der Waals surface area contributed by atoms with Gasteiger partial charge in [-0.2, -0.15) is 0 Å². The molecule has 0 radical (unpaired) electrons. The predicted octanol–water partition coefficient (Wildman–Crippen LogP) is 4.03. The van der Waals surface area contributed by atoms with Gasteiger partial charge in [-0.3, -0.25) is 9.59 Å². The van der Waals surface area contributed by atoms with Crippen LogP contribution in [0.5, 0.6) is 0 Å². The summed E-state index contributed by atoms with van der Waals surface area (Å²) in [5.41, 5.74) is 0.628. The Kier molecular flexibility index (Phi) is 8.82. The van der Waals surface area contributed by atoms with Gasteiger partial charge in [-0.1, -0.05) is 31.9 Å². The summed E-state index contributed by atoms with van der Waals surface area (Å²) in [5.74, 6) is -0.309. The monoisotopic (exact) mass is 369 g/mol. The Morgan fingerprint density at radius 3 is 2.50 bits per heavy atom. The van der Waals surface area contributed by atoms with Crippen molar-refractivity contribution < 1.29 is 14.3 Å². The first-order valence-corrected chi connectivity index (χ1v) is 8.58. The molecule has 0 aliphatic carbocycles. The lowest BCUT2D eigenvalue weighted by Gasteiger charge is -2.23. The van der Waals surface area contributed by atoms with Crippen LogP contribution < -0.4 is 0 Å². The molecule has 0 saturated heterocycles. The molecule has 0 atom stereocenters. The van der Waals surface area contributed by atoms with Crippen LogP contribution in [0.1, 0.15) is 49.9 Å². The van der Waals surface area contributed by atoms with Crippen LogP contribution in [-0.2, 0) is 9.53 Å². The maximum Gasteiger partial charge on any atom is 0.307 e. The molecule has 4 nitrogen and oxygen atoms in total. The van der Waals surface area contributed by atoms with Crippen molar-refractivity contribution in [3.8, 4) is 0 Å². The Hall–Kier alpha value is -1.36. The van der Waals surface area contributed by atoms with E-state index in [0.29, 0.717) is 25.3 Å². The van der Waals surface area contributed by atoms with E-state index in [1.54, 1.807) is 17.9 Å². The highest BCUT2D eigenvalue weighted by atomic mass is 79.9. The van der Waals surface area contributed by atoms with Crippen LogP contribution in [0.2, 0.25) is 0 Å². The first-order valence-electron chi connectivity index (χ1n) is 7.79. The quantitative estimate of drug-likeness (QED) is 0.487. The topological polar surface area (TPSA) is 46.6 Å². The van der Waals surface area contributed by atoms with Crippen molar-refractivity contribution in [1.82, 2.24) is 4.90 Å². The number of carbonyl (C=O) groups excluding carboxylic acids is 2. The molecule has 0 unspecified atom stereocenters. The number of ether oxygens (including phenoxy) is 1. The molecule has 1 aromatic rings. The summed E-state index contributed by atoms with van der Waals surface area (Å²) in [6, 6.07) is 7.36. The molecule has 1 aromatic carbocycles. The van der Waals surface area contributed by atoms with Crippen molar-refractivity contribution in [2.75, 3.05) is 19.7 Å². The van der Waals surface area contributed by atoms with Crippen molar-refractivity contribution >= 4 is 27.8 Å². The summed E-state index contributed by atoms with van der Waals surface area (Å²) >= 11 is 3.41. The highest BCUT2D eigenvalue weighted by molar-refractivity contribution is 9.10. The lowest BCUT2D eigenvalue weighted by atomic mass is 10.1. The lowest BCUT2D eigenvalue weighted by Crippen LogP contribution is -2.34. The molecule has 122 valence electrons. The second-order valence-corrected chi connectivity index (χ2v) is 5.89. The van der Waals surface area contributed by atoms with Crippen LogP contribution in [0, 0.1) is 0 Å². The van der Waals surface area contributed by atoms with E-state index in [1.165, 1.54) is 0 Å². The van der Waals surface area contributed by atoms with Crippen LogP contribution in [0.25, 0.3) is 0 Å². The molecule has 0 fully saturated rings. The highest BCUT2D eigenvalue weighted by Gasteiger charge is 2.18. The van der Waals surface area contributed by atoms with E-state index < -0.39 is 0 Å². The summed E-state index contributed by atoms with van der Waals surface area (Å²) < 4.78 is 5.72. The van der Waals surface area contributed by atoms with Crippen LogP contribution >= 0.6 is 15.9 Å². The number of halogens is 1. The molecule has 0 saturated carbocycles. The number of unbranched alkanes of at least 4 members (excludes halogenated alkanes) is 2. The SMILES string of the molecule is CCCCCN(CCC(=O)OCC)C(=O)c1ccccc1Br. The van der Waals surface area contributed by atoms with Crippen molar-refractivity contribution in [1.29, 1.82) is 0 Å². The minimum absolute atomic E-state index is 0.0483. The third kappa shape index (κ3) is 6.18. The first kappa shape index (κ1) is 18.7. The van der Waals surface area contributed by atoms with Crippen LogP contribution in [0.15, 0.2) is 28.7 Å². The fraction of sp³-hybridized carbons (Fsp3) is 0.529. The fourth-order valence-corrected chi connectivity index (χ4v) is 2.59. The van der Waals surface area contributed by atoms with E-state index in [4.69, 9.17) is 4.74 Å². The van der Waals surface area contributed by atoms with E-state index in [2.05, 4.69) is 22.9 Å². The zero-order valence-electron chi connectivity index (χ0n) is 13.3. The number of rotatable bonds is 9. The molecule has 0 aromatic heterocycles. The summed E-state index contributed by atoms with van der Waals surface area (Å²) in [6.07, 6.45) is 3.33. The largest absolute Gasteiger partial charge is 0.466 e. The maximum atomic E-state index is 12.7. The summed E-state index contributed by atoms with van der Waals surface area (Å²) in [6.45, 7) is 5.32. The number of hydrogen-bond donors (Lipinski definition) is 0. The van der Waals surface area contributed by atoms with Crippen molar-refractivity contribution in [3.05, 3.63) is 34.3 Å². The van der Waals surface area contributed by atoms with Crippen molar-refractivity contribution in [3.63, 3.8) is 0 Å². The van der Waals surface area contributed by atoms with Crippen molar-refractivity contribution in [2.45, 2.75) is 39.5 Å². The van der Waals surface area contributed by atoms with E-state index in [1.807, 2.05) is 18.2 Å². The van der Waals surface area contributed by atoms with Gasteiger partial charge in [0, 0.05) is 17.6 Å². The molecule has 0 spiro atoms. The van der Waals surface area contributed by atoms with Crippen molar-refractivity contribution in [2.24, 2.45) is 0 Å².